The molecule has 0 bridgehead atoms. The molecule has 2 atom stereocenters. The number of carbonyl (C=O) groups is 2. The first-order valence-corrected chi connectivity index (χ1v) is 14.1. The van der Waals surface area contributed by atoms with Gasteiger partial charge >= 0.3 is 0 Å². The molecule has 0 radical (unpaired) electrons. The van der Waals surface area contributed by atoms with E-state index in [2.05, 4.69) is 20.5 Å². The summed E-state index contributed by atoms with van der Waals surface area (Å²) in [5.74, 6) is -1.59. The molecule has 5 rings (SSSR count). The van der Waals surface area contributed by atoms with Gasteiger partial charge in [-0.05, 0) is 11.6 Å². The van der Waals surface area contributed by atoms with Crippen molar-refractivity contribution in [3.05, 3.63) is 65.1 Å². The van der Waals surface area contributed by atoms with Crippen LogP contribution in [0.4, 0.5) is 9.18 Å². The van der Waals surface area contributed by atoms with Gasteiger partial charge in [-0.3, -0.25) is 14.9 Å². The number of thiazole rings is 1. The minimum absolute atomic E-state index is 0.00109. The van der Waals surface area contributed by atoms with Gasteiger partial charge < -0.3 is 10.2 Å². The molecule has 1 saturated heterocycles. The minimum Gasteiger partial charge on any atom is -0.423 e. The van der Waals surface area contributed by atoms with Crippen LogP contribution in [0.15, 0.2) is 46.9 Å². The standard InChI is InChI=1S/C22H18FN5O5S3/c23-13-9-14-15(8-12(13)11-4-2-1-3-5-11)34-21(25-14)18(36(31,32)7-6-24)20-28-27-17(33-20)10-16-19(29)26-22(30)35-16/h1-5,8-9,16,18H,6-7,10,24H2,(H,26,29,30). The average Bonchev–Trinajstić information content (AvgIpc) is 3.52. The first kappa shape index (κ1) is 24.5. The second kappa shape index (κ2) is 9.69. The van der Waals surface area contributed by atoms with Crippen LogP contribution in [0.3, 0.4) is 0 Å². The molecule has 2 aromatic heterocycles. The van der Waals surface area contributed by atoms with Gasteiger partial charge in [0.1, 0.15) is 16.1 Å². The molecule has 1 fully saturated rings. The smallest absolute Gasteiger partial charge is 0.286 e. The summed E-state index contributed by atoms with van der Waals surface area (Å²) in [7, 11) is -3.94. The number of hydrogen-bond donors (Lipinski definition) is 2. The van der Waals surface area contributed by atoms with Crippen LogP contribution in [0, 0.1) is 5.82 Å². The lowest BCUT2D eigenvalue weighted by atomic mass is 10.1. The maximum absolute atomic E-state index is 14.9. The van der Waals surface area contributed by atoms with E-state index >= 15 is 0 Å². The van der Waals surface area contributed by atoms with Crippen LogP contribution in [0.5, 0.6) is 0 Å². The molecule has 0 saturated carbocycles. The first-order valence-electron chi connectivity index (χ1n) is 10.7. The van der Waals surface area contributed by atoms with E-state index in [1.54, 1.807) is 30.3 Å². The lowest BCUT2D eigenvalue weighted by Gasteiger charge is -2.10. The number of rotatable bonds is 8. The number of nitrogens with one attached hydrogen (secondary N) is 1. The van der Waals surface area contributed by atoms with Crippen molar-refractivity contribution in [1.29, 1.82) is 0 Å². The van der Waals surface area contributed by atoms with Crippen LogP contribution in [0.25, 0.3) is 21.3 Å². The number of halogens is 1. The molecule has 2 aromatic carbocycles. The van der Waals surface area contributed by atoms with Crippen molar-refractivity contribution in [2.45, 2.75) is 16.9 Å². The predicted octanol–water partition coefficient (Wildman–Crippen LogP) is 2.84. The zero-order valence-electron chi connectivity index (χ0n) is 18.4. The molecule has 0 spiro atoms. The van der Waals surface area contributed by atoms with Gasteiger partial charge in [-0.15, -0.1) is 21.5 Å². The molecule has 3 N–H and O–H groups in total. The number of nitrogens with zero attached hydrogens (tertiary/aromatic N) is 3. The first-order chi connectivity index (χ1) is 17.2. The summed E-state index contributed by atoms with van der Waals surface area (Å²) in [6.07, 6.45) is -0.0512. The Labute approximate surface area is 212 Å². The Bertz CT molecular complexity index is 1570. The average molecular weight is 548 g/mol. The molecule has 36 heavy (non-hydrogen) atoms. The fourth-order valence-corrected chi connectivity index (χ4v) is 7.44. The van der Waals surface area contributed by atoms with Gasteiger partial charge in [0.15, 0.2) is 15.1 Å². The molecule has 10 nitrogen and oxygen atoms in total. The quantitative estimate of drug-likeness (QED) is 0.336. The lowest BCUT2D eigenvalue weighted by Crippen LogP contribution is -2.25. The van der Waals surface area contributed by atoms with Crippen LogP contribution in [0.2, 0.25) is 0 Å². The molecule has 3 heterocycles. The highest BCUT2D eigenvalue weighted by atomic mass is 32.2. The van der Waals surface area contributed by atoms with Crippen LogP contribution in [-0.4, -0.2) is 52.3 Å². The van der Waals surface area contributed by atoms with Crippen molar-refractivity contribution < 1.29 is 26.8 Å². The zero-order chi connectivity index (χ0) is 25.4. The van der Waals surface area contributed by atoms with Crippen molar-refractivity contribution in [1.82, 2.24) is 20.5 Å². The van der Waals surface area contributed by atoms with Crippen LogP contribution in [0.1, 0.15) is 22.0 Å². The molecule has 4 aromatic rings. The molecule has 0 aliphatic carbocycles. The predicted molar refractivity (Wildman–Crippen MR) is 133 cm³/mol. The van der Waals surface area contributed by atoms with E-state index in [1.807, 2.05) is 6.07 Å². The Morgan fingerprint density at radius 3 is 2.64 bits per heavy atom. The number of nitrogens with two attached hydrogens (primary N) is 1. The number of imide groups is 1. The maximum atomic E-state index is 14.9. The third-order valence-corrected chi connectivity index (χ3v) is 9.56. The Morgan fingerprint density at radius 1 is 1.17 bits per heavy atom. The largest absolute Gasteiger partial charge is 0.423 e. The topological polar surface area (TPSA) is 158 Å². The number of fused-ring (bicyclic) bond motifs is 1. The number of hydrogen-bond acceptors (Lipinski definition) is 11. The van der Waals surface area contributed by atoms with E-state index in [0.717, 1.165) is 23.1 Å². The molecular formula is C22H18FN5O5S3. The van der Waals surface area contributed by atoms with Crippen molar-refractivity contribution in [3.63, 3.8) is 0 Å². The number of sulfone groups is 1. The van der Waals surface area contributed by atoms with Crippen LogP contribution in [-0.2, 0) is 21.1 Å². The van der Waals surface area contributed by atoms with E-state index < -0.39 is 37.3 Å². The van der Waals surface area contributed by atoms with Gasteiger partial charge in [0, 0.05) is 24.6 Å². The van der Waals surface area contributed by atoms with E-state index in [9.17, 15) is 22.4 Å². The van der Waals surface area contributed by atoms with Gasteiger partial charge in [-0.25, -0.2) is 17.8 Å². The number of thioether (sulfide) groups is 1. The second-order valence-corrected chi connectivity index (χ2v) is 12.3. The number of aromatic nitrogens is 3. The number of amides is 2. The maximum Gasteiger partial charge on any atom is 0.286 e. The van der Waals surface area contributed by atoms with Crippen LogP contribution >= 0.6 is 23.1 Å². The van der Waals surface area contributed by atoms with Crippen molar-refractivity contribution >= 4 is 54.3 Å². The zero-order valence-corrected chi connectivity index (χ0v) is 20.8. The van der Waals surface area contributed by atoms with Crippen molar-refractivity contribution in [3.8, 4) is 11.1 Å². The lowest BCUT2D eigenvalue weighted by molar-refractivity contribution is -0.119. The van der Waals surface area contributed by atoms with Gasteiger partial charge in [0.2, 0.25) is 17.7 Å². The molecular weight excluding hydrogens is 529 g/mol. The monoisotopic (exact) mass is 547 g/mol. The van der Waals surface area contributed by atoms with Crippen molar-refractivity contribution in [2.24, 2.45) is 5.73 Å². The normalized spacial score (nSPS) is 17.0. The van der Waals surface area contributed by atoms with Gasteiger partial charge in [0.25, 0.3) is 5.24 Å². The molecule has 2 unspecified atom stereocenters. The summed E-state index contributed by atoms with van der Waals surface area (Å²) < 4.78 is 47.5. The second-order valence-electron chi connectivity index (χ2n) is 7.87. The molecule has 1 aliphatic heterocycles. The number of carbonyl (C=O) groups excluding carboxylic acids is 2. The Balaban J connectivity index is 1.54. The van der Waals surface area contributed by atoms with Gasteiger partial charge in [-0.2, -0.15) is 0 Å². The highest BCUT2D eigenvalue weighted by Gasteiger charge is 2.38. The minimum atomic E-state index is -3.94. The van der Waals surface area contributed by atoms with Crippen molar-refractivity contribution in [2.75, 3.05) is 12.3 Å². The molecule has 14 heteroatoms. The Kier molecular flexibility index (Phi) is 6.59. The van der Waals surface area contributed by atoms with E-state index in [-0.39, 0.29) is 41.0 Å². The Morgan fingerprint density at radius 2 is 1.94 bits per heavy atom. The molecule has 2 amide bonds. The van der Waals surface area contributed by atoms with E-state index in [1.165, 1.54) is 6.07 Å². The SMILES string of the molecule is NCCS(=O)(=O)C(c1nnc(CC2SC(=O)NC2=O)o1)c1nc2cc(F)c(-c3ccccc3)cc2s1. The highest BCUT2D eigenvalue weighted by Crippen LogP contribution is 2.38. The summed E-state index contributed by atoms with van der Waals surface area (Å²) >= 11 is 1.87. The summed E-state index contributed by atoms with van der Waals surface area (Å²) in [6.45, 7) is -0.140. The van der Waals surface area contributed by atoms with Gasteiger partial charge in [0.05, 0.1) is 16.0 Å². The van der Waals surface area contributed by atoms with E-state index in [4.69, 9.17) is 10.2 Å². The third-order valence-electron chi connectivity index (χ3n) is 5.40. The molecule has 1 aliphatic rings. The van der Waals surface area contributed by atoms with Crippen LogP contribution < -0.4 is 11.1 Å². The third kappa shape index (κ3) is 4.76. The number of benzene rings is 2. The fraction of sp³-hybridized carbons (Fsp3) is 0.227. The fourth-order valence-electron chi connectivity index (χ4n) is 3.75. The Hall–Kier alpha value is -3.20. The summed E-state index contributed by atoms with van der Waals surface area (Å²) in [5, 5.41) is 7.42. The molecule has 186 valence electrons. The van der Waals surface area contributed by atoms with Gasteiger partial charge in [-0.1, -0.05) is 42.1 Å². The van der Waals surface area contributed by atoms with E-state index in [0.29, 0.717) is 15.8 Å². The summed E-state index contributed by atoms with van der Waals surface area (Å²) in [5.41, 5.74) is 6.86. The summed E-state index contributed by atoms with van der Waals surface area (Å²) in [6, 6.07) is 11.9. The summed E-state index contributed by atoms with van der Waals surface area (Å²) in [4.78, 5) is 27.7. The highest BCUT2D eigenvalue weighted by molar-refractivity contribution is 8.15.